The molecule has 0 aliphatic heterocycles. The number of hydrogen-bond donors (Lipinski definition) is 0. The van der Waals surface area contributed by atoms with Crippen LogP contribution in [0.4, 0.5) is 8.78 Å². The minimum atomic E-state index is -0.594. The summed E-state index contributed by atoms with van der Waals surface area (Å²) in [6, 6.07) is 3.42. The molecule has 0 radical (unpaired) electrons. The highest BCUT2D eigenvalue weighted by molar-refractivity contribution is 5.69. The predicted molar refractivity (Wildman–Crippen MR) is 60.6 cm³/mol. The molecule has 0 fully saturated rings. The van der Waals surface area contributed by atoms with Crippen molar-refractivity contribution < 1.29 is 18.3 Å². The molecule has 1 aromatic rings. The van der Waals surface area contributed by atoms with E-state index in [2.05, 4.69) is 0 Å². The molecule has 0 saturated carbocycles. The van der Waals surface area contributed by atoms with Gasteiger partial charge in [-0.25, -0.2) is 8.78 Å². The SMILES string of the molecule is CCOC(=O)CC[C@H](C)c1cc(F)cc(F)c1. The van der Waals surface area contributed by atoms with Crippen molar-refractivity contribution in [2.45, 2.75) is 32.6 Å². The number of carbonyl (C=O) groups is 1. The first-order chi connectivity index (χ1) is 8.02. The van der Waals surface area contributed by atoms with Crippen LogP contribution in [0.25, 0.3) is 0 Å². The second-order valence-corrected chi connectivity index (χ2v) is 3.95. The molecule has 0 N–H and O–H groups in total. The molecule has 1 aromatic carbocycles. The fourth-order valence-corrected chi connectivity index (χ4v) is 1.59. The smallest absolute Gasteiger partial charge is 0.305 e. The van der Waals surface area contributed by atoms with E-state index in [1.165, 1.54) is 12.1 Å². The zero-order valence-electron chi connectivity index (χ0n) is 10.0. The zero-order valence-corrected chi connectivity index (χ0v) is 10.0. The van der Waals surface area contributed by atoms with Gasteiger partial charge in [0.15, 0.2) is 0 Å². The van der Waals surface area contributed by atoms with Crippen LogP contribution in [0.15, 0.2) is 18.2 Å². The lowest BCUT2D eigenvalue weighted by molar-refractivity contribution is -0.143. The Bertz CT molecular complexity index is 371. The van der Waals surface area contributed by atoms with Crippen LogP contribution in [0.3, 0.4) is 0 Å². The molecule has 17 heavy (non-hydrogen) atoms. The van der Waals surface area contributed by atoms with Crippen molar-refractivity contribution in [2.24, 2.45) is 0 Å². The minimum absolute atomic E-state index is 0.0791. The van der Waals surface area contributed by atoms with E-state index >= 15 is 0 Å². The molecule has 0 heterocycles. The van der Waals surface area contributed by atoms with Crippen LogP contribution in [0.5, 0.6) is 0 Å². The van der Waals surface area contributed by atoms with Crippen LogP contribution in [-0.2, 0) is 9.53 Å². The largest absolute Gasteiger partial charge is 0.466 e. The van der Waals surface area contributed by atoms with Crippen LogP contribution in [0.2, 0.25) is 0 Å². The summed E-state index contributed by atoms with van der Waals surface area (Å²) in [4.78, 5) is 11.1. The number of ether oxygens (including phenoxy) is 1. The Morgan fingerprint density at radius 2 is 1.88 bits per heavy atom. The standard InChI is InChI=1S/C13H16F2O2/c1-3-17-13(16)5-4-9(2)10-6-11(14)8-12(15)7-10/h6-9H,3-5H2,1-2H3/t9-/m0/s1. The summed E-state index contributed by atoms with van der Waals surface area (Å²) in [5, 5.41) is 0. The van der Waals surface area contributed by atoms with Crippen molar-refractivity contribution in [1.29, 1.82) is 0 Å². The monoisotopic (exact) mass is 242 g/mol. The first-order valence-electron chi connectivity index (χ1n) is 5.64. The van der Waals surface area contributed by atoms with Gasteiger partial charge in [-0.3, -0.25) is 4.79 Å². The summed E-state index contributed by atoms with van der Waals surface area (Å²) in [6.07, 6.45) is 0.773. The third-order valence-corrected chi connectivity index (χ3v) is 2.54. The lowest BCUT2D eigenvalue weighted by Crippen LogP contribution is -2.06. The lowest BCUT2D eigenvalue weighted by atomic mass is 9.96. The zero-order chi connectivity index (χ0) is 12.8. The van der Waals surface area contributed by atoms with Gasteiger partial charge >= 0.3 is 5.97 Å². The molecule has 0 unspecified atom stereocenters. The maximum Gasteiger partial charge on any atom is 0.305 e. The maximum atomic E-state index is 13.0. The van der Waals surface area contributed by atoms with E-state index in [-0.39, 0.29) is 18.3 Å². The maximum absolute atomic E-state index is 13.0. The van der Waals surface area contributed by atoms with Gasteiger partial charge in [-0.1, -0.05) is 6.92 Å². The van der Waals surface area contributed by atoms with E-state index in [0.29, 0.717) is 18.6 Å². The Hall–Kier alpha value is -1.45. The Morgan fingerprint density at radius 3 is 2.41 bits per heavy atom. The van der Waals surface area contributed by atoms with Gasteiger partial charge in [0.25, 0.3) is 0 Å². The summed E-state index contributed by atoms with van der Waals surface area (Å²) >= 11 is 0. The Kier molecular flexibility index (Phi) is 5.07. The topological polar surface area (TPSA) is 26.3 Å². The van der Waals surface area contributed by atoms with E-state index < -0.39 is 11.6 Å². The molecule has 0 bridgehead atoms. The summed E-state index contributed by atoms with van der Waals surface area (Å²) in [7, 11) is 0. The van der Waals surface area contributed by atoms with Gasteiger partial charge in [0, 0.05) is 12.5 Å². The van der Waals surface area contributed by atoms with Gasteiger partial charge in [0.05, 0.1) is 6.61 Å². The van der Waals surface area contributed by atoms with Crippen LogP contribution in [-0.4, -0.2) is 12.6 Å². The first-order valence-corrected chi connectivity index (χ1v) is 5.64. The van der Waals surface area contributed by atoms with Crippen molar-refractivity contribution in [3.8, 4) is 0 Å². The third-order valence-electron chi connectivity index (χ3n) is 2.54. The highest BCUT2D eigenvalue weighted by atomic mass is 19.1. The Labute approximate surface area is 99.6 Å². The van der Waals surface area contributed by atoms with Gasteiger partial charge in [-0.05, 0) is 37.0 Å². The third kappa shape index (κ3) is 4.51. The molecule has 1 atom stereocenters. The van der Waals surface area contributed by atoms with E-state index in [1.54, 1.807) is 6.92 Å². The summed E-state index contributed by atoms with van der Waals surface area (Å²) in [5.41, 5.74) is 0.562. The van der Waals surface area contributed by atoms with Crippen LogP contribution in [0.1, 0.15) is 38.2 Å². The average Bonchev–Trinajstić information content (AvgIpc) is 2.25. The second kappa shape index (κ2) is 6.33. The van der Waals surface area contributed by atoms with Crippen molar-refractivity contribution in [2.75, 3.05) is 6.61 Å². The molecule has 0 saturated heterocycles. The molecule has 0 aliphatic rings. The van der Waals surface area contributed by atoms with Crippen molar-refractivity contribution in [3.63, 3.8) is 0 Å². The predicted octanol–water partition coefficient (Wildman–Crippen LogP) is 3.41. The van der Waals surface area contributed by atoms with Gasteiger partial charge in [-0.2, -0.15) is 0 Å². The van der Waals surface area contributed by atoms with Gasteiger partial charge < -0.3 is 4.74 Å². The minimum Gasteiger partial charge on any atom is -0.466 e. The number of benzene rings is 1. The van der Waals surface area contributed by atoms with E-state index in [4.69, 9.17) is 4.74 Å². The fraction of sp³-hybridized carbons (Fsp3) is 0.462. The Balaban J connectivity index is 2.57. The van der Waals surface area contributed by atoms with E-state index in [1.807, 2.05) is 6.92 Å². The number of rotatable bonds is 5. The lowest BCUT2D eigenvalue weighted by Gasteiger charge is -2.11. The van der Waals surface area contributed by atoms with E-state index in [0.717, 1.165) is 6.07 Å². The first kappa shape index (κ1) is 13.6. The summed E-state index contributed by atoms with van der Waals surface area (Å²) in [5.74, 6) is -1.55. The number of carbonyl (C=O) groups excluding carboxylic acids is 1. The molecule has 4 heteroatoms. The van der Waals surface area contributed by atoms with Gasteiger partial charge in [0.2, 0.25) is 0 Å². The fourth-order valence-electron chi connectivity index (χ4n) is 1.59. The average molecular weight is 242 g/mol. The molecular formula is C13H16F2O2. The Morgan fingerprint density at radius 1 is 1.29 bits per heavy atom. The van der Waals surface area contributed by atoms with Crippen molar-refractivity contribution >= 4 is 5.97 Å². The summed E-state index contributed by atoms with van der Waals surface area (Å²) in [6.45, 7) is 3.92. The van der Waals surface area contributed by atoms with Crippen molar-refractivity contribution in [3.05, 3.63) is 35.4 Å². The normalized spacial score (nSPS) is 12.2. The molecule has 2 nitrogen and oxygen atoms in total. The highest BCUT2D eigenvalue weighted by Crippen LogP contribution is 2.22. The van der Waals surface area contributed by atoms with E-state index in [9.17, 15) is 13.6 Å². The quantitative estimate of drug-likeness (QED) is 0.739. The van der Waals surface area contributed by atoms with Crippen LogP contribution >= 0.6 is 0 Å². The van der Waals surface area contributed by atoms with Crippen molar-refractivity contribution in [1.82, 2.24) is 0 Å². The number of hydrogen-bond acceptors (Lipinski definition) is 2. The molecule has 0 aliphatic carbocycles. The molecule has 0 aromatic heterocycles. The van der Waals surface area contributed by atoms with Gasteiger partial charge in [0.1, 0.15) is 11.6 Å². The molecule has 1 rings (SSSR count). The second-order valence-electron chi connectivity index (χ2n) is 3.95. The highest BCUT2D eigenvalue weighted by Gasteiger charge is 2.11. The number of esters is 1. The molecule has 0 amide bonds. The molecule has 0 spiro atoms. The van der Waals surface area contributed by atoms with Crippen LogP contribution in [0, 0.1) is 11.6 Å². The molecule has 94 valence electrons. The van der Waals surface area contributed by atoms with Crippen LogP contribution < -0.4 is 0 Å². The van der Waals surface area contributed by atoms with Gasteiger partial charge in [-0.15, -0.1) is 0 Å². The molecular weight excluding hydrogens is 226 g/mol. The number of halogens is 2. The summed E-state index contributed by atoms with van der Waals surface area (Å²) < 4.78 is 30.7.